The number of rotatable bonds is 8. The monoisotopic (exact) mass is 244 g/mol. The zero-order valence-electron chi connectivity index (χ0n) is 11.2. The van der Waals surface area contributed by atoms with Crippen molar-refractivity contribution in [3.63, 3.8) is 0 Å². The molecule has 0 saturated carbocycles. The molecule has 0 spiro atoms. The molecule has 0 aromatic rings. The van der Waals surface area contributed by atoms with Gasteiger partial charge in [0.1, 0.15) is 0 Å². The van der Waals surface area contributed by atoms with E-state index in [2.05, 4.69) is 30.4 Å². The Labute approximate surface area is 106 Å². The normalized spacial score (nSPS) is 22.9. The first kappa shape index (κ1) is 14.3. The lowest BCUT2D eigenvalue weighted by Gasteiger charge is -2.26. The summed E-state index contributed by atoms with van der Waals surface area (Å²) in [6, 6.07) is 1.58. The van der Waals surface area contributed by atoms with Crippen molar-refractivity contribution >= 4 is 11.8 Å². The largest absolute Gasteiger partial charge is 0.314 e. The molecule has 1 aliphatic rings. The predicted octanol–water partition coefficient (Wildman–Crippen LogP) is 2.59. The third kappa shape index (κ3) is 5.07. The van der Waals surface area contributed by atoms with Crippen molar-refractivity contribution in [2.24, 2.45) is 0 Å². The van der Waals surface area contributed by atoms with Gasteiger partial charge in [-0.25, -0.2) is 0 Å². The Morgan fingerprint density at radius 1 is 1.50 bits per heavy atom. The molecular formula is C13H28N2S. The van der Waals surface area contributed by atoms with Crippen LogP contribution in [0.15, 0.2) is 0 Å². The smallest absolute Gasteiger partial charge is 0.0180 e. The summed E-state index contributed by atoms with van der Waals surface area (Å²) in [7, 11) is 2.28. The fourth-order valence-corrected chi connectivity index (χ4v) is 3.40. The zero-order valence-corrected chi connectivity index (χ0v) is 12.0. The van der Waals surface area contributed by atoms with E-state index in [1.807, 2.05) is 11.8 Å². The molecule has 1 aliphatic heterocycles. The van der Waals surface area contributed by atoms with Crippen LogP contribution in [0.1, 0.15) is 39.0 Å². The fraction of sp³-hybridized carbons (Fsp3) is 1.00. The SMILES string of the molecule is CCC(CSC)N(C)CCCC1CCCN1. The average molecular weight is 244 g/mol. The third-order valence-corrected chi connectivity index (χ3v) is 4.40. The minimum absolute atomic E-state index is 0.770. The summed E-state index contributed by atoms with van der Waals surface area (Å²) in [6.45, 7) is 4.80. The number of hydrogen-bond acceptors (Lipinski definition) is 3. The molecule has 2 atom stereocenters. The van der Waals surface area contributed by atoms with Gasteiger partial charge in [0.15, 0.2) is 0 Å². The van der Waals surface area contributed by atoms with E-state index < -0.39 is 0 Å². The number of thioether (sulfide) groups is 1. The summed E-state index contributed by atoms with van der Waals surface area (Å²) in [6.07, 6.45) is 8.97. The van der Waals surface area contributed by atoms with Crippen LogP contribution < -0.4 is 5.32 Å². The van der Waals surface area contributed by atoms with Crippen molar-refractivity contribution in [2.75, 3.05) is 32.1 Å². The van der Waals surface area contributed by atoms with E-state index in [9.17, 15) is 0 Å². The maximum absolute atomic E-state index is 3.58. The lowest BCUT2D eigenvalue weighted by molar-refractivity contribution is 0.247. The van der Waals surface area contributed by atoms with Crippen LogP contribution in [-0.2, 0) is 0 Å². The number of hydrogen-bond donors (Lipinski definition) is 1. The molecule has 2 unspecified atom stereocenters. The Balaban J connectivity index is 2.09. The van der Waals surface area contributed by atoms with Gasteiger partial charge in [0.2, 0.25) is 0 Å². The molecule has 0 aliphatic carbocycles. The second-order valence-corrected chi connectivity index (χ2v) is 5.84. The van der Waals surface area contributed by atoms with Crippen LogP contribution in [-0.4, -0.2) is 49.1 Å². The van der Waals surface area contributed by atoms with Crippen molar-refractivity contribution in [2.45, 2.75) is 51.1 Å². The first-order valence-electron chi connectivity index (χ1n) is 6.70. The van der Waals surface area contributed by atoms with Crippen molar-refractivity contribution in [3.8, 4) is 0 Å². The summed E-state index contributed by atoms with van der Waals surface area (Å²) < 4.78 is 0. The van der Waals surface area contributed by atoms with Crippen molar-refractivity contribution in [1.82, 2.24) is 10.2 Å². The van der Waals surface area contributed by atoms with Crippen LogP contribution in [0.3, 0.4) is 0 Å². The maximum Gasteiger partial charge on any atom is 0.0180 e. The van der Waals surface area contributed by atoms with Crippen LogP contribution in [0.25, 0.3) is 0 Å². The Morgan fingerprint density at radius 3 is 2.88 bits per heavy atom. The molecule has 2 nitrogen and oxygen atoms in total. The second-order valence-electron chi connectivity index (χ2n) is 4.93. The topological polar surface area (TPSA) is 15.3 Å². The van der Waals surface area contributed by atoms with Gasteiger partial charge in [-0.1, -0.05) is 6.92 Å². The van der Waals surface area contributed by atoms with Crippen LogP contribution in [0.5, 0.6) is 0 Å². The molecule has 1 N–H and O–H groups in total. The van der Waals surface area contributed by atoms with Gasteiger partial charge < -0.3 is 10.2 Å². The van der Waals surface area contributed by atoms with E-state index in [1.54, 1.807) is 0 Å². The van der Waals surface area contributed by atoms with Gasteiger partial charge in [-0.2, -0.15) is 11.8 Å². The molecule has 1 fully saturated rings. The predicted molar refractivity (Wildman–Crippen MR) is 75.3 cm³/mol. The minimum atomic E-state index is 0.770. The summed E-state index contributed by atoms with van der Waals surface area (Å²) in [5.74, 6) is 1.27. The van der Waals surface area contributed by atoms with Gasteiger partial charge >= 0.3 is 0 Å². The van der Waals surface area contributed by atoms with Gasteiger partial charge in [0.25, 0.3) is 0 Å². The summed E-state index contributed by atoms with van der Waals surface area (Å²) >= 11 is 1.97. The molecule has 1 saturated heterocycles. The Kier molecular flexibility index (Phi) is 7.50. The Morgan fingerprint density at radius 2 is 2.31 bits per heavy atom. The highest BCUT2D eigenvalue weighted by atomic mass is 32.2. The van der Waals surface area contributed by atoms with Gasteiger partial charge in [-0.3, -0.25) is 0 Å². The number of nitrogens with one attached hydrogen (secondary N) is 1. The van der Waals surface area contributed by atoms with Crippen LogP contribution in [0, 0.1) is 0 Å². The summed E-state index contributed by atoms with van der Waals surface area (Å²) in [4.78, 5) is 2.55. The summed E-state index contributed by atoms with van der Waals surface area (Å²) in [5, 5.41) is 3.58. The van der Waals surface area contributed by atoms with E-state index in [-0.39, 0.29) is 0 Å². The lowest BCUT2D eigenvalue weighted by atomic mass is 10.1. The molecule has 3 heteroatoms. The van der Waals surface area contributed by atoms with E-state index in [4.69, 9.17) is 0 Å². The average Bonchev–Trinajstić information content (AvgIpc) is 2.78. The lowest BCUT2D eigenvalue weighted by Crippen LogP contribution is -2.34. The highest BCUT2D eigenvalue weighted by Gasteiger charge is 2.15. The van der Waals surface area contributed by atoms with Crippen molar-refractivity contribution in [3.05, 3.63) is 0 Å². The Hall–Kier alpha value is 0.270. The molecule has 0 bridgehead atoms. The van der Waals surface area contributed by atoms with Gasteiger partial charge in [-0.05, 0) is 58.5 Å². The van der Waals surface area contributed by atoms with Crippen LogP contribution in [0.4, 0.5) is 0 Å². The molecule has 0 radical (unpaired) electrons. The van der Waals surface area contributed by atoms with Gasteiger partial charge in [0, 0.05) is 17.8 Å². The zero-order chi connectivity index (χ0) is 11.8. The first-order valence-corrected chi connectivity index (χ1v) is 8.09. The fourth-order valence-electron chi connectivity index (χ4n) is 2.52. The molecule has 16 heavy (non-hydrogen) atoms. The van der Waals surface area contributed by atoms with Gasteiger partial charge in [0.05, 0.1) is 0 Å². The highest BCUT2D eigenvalue weighted by molar-refractivity contribution is 7.98. The minimum Gasteiger partial charge on any atom is -0.314 e. The highest BCUT2D eigenvalue weighted by Crippen LogP contribution is 2.13. The van der Waals surface area contributed by atoms with E-state index in [0.29, 0.717) is 0 Å². The van der Waals surface area contributed by atoms with E-state index >= 15 is 0 Å². The molecule has 96 valence electrons. The standard InChI is InChI=1S/C13H28N2S/c1-4-13(11-16-3)15(2)10-6-8-12-7-5-9-14-12/h12-14H,4-11H2,1-3H3. The number of nitrogens with zero attached hydrogens (tertiary/aromatic N) is 1. The van der Waals surface area contributed by atoms with Crippen molar-refractivity contribution < 1.29 is 0 Å². The van der Waals surface area contributed by atoms with Crippen LogP contribution in [0.2, 0.25) is 0 Å². The summed E-state index contributed by atoms with van der Waals surface area (Å²) in [5.41, 5.74) is 0. The quantitative estimate of drug-likeness (QED) is 0.706. The van der Waals surface area contributed by atoms with Gasteiger partial charge in [-0.15, -0.1) is 0 Å². The molecule has 0 aromatic heterocycles. The maximum atomic E-state index is 3.58. The molecular weight excluding hydrogens is 216 g/mol. The van der Waals surface area contributed by atoms with Crippen LogP contribution >= 0.6 is 11.8 Å². The molecule has 1 heterocycles. The molecule has 0 amide bonds. The molecule has 1 rings (SSSR count). The van der Waals surface area contributed by atoms with Crippen molar-refractivity contribution in [1.29, 1.82) is 0 Å². The second kappa shape index (κ2) is 8.37. The first-order chi connectivity index (χ1) is 7.77. The van der Waals surface area contributed by atoms with E-state index in [1.165, 1.54) is 50.9 Å². The van der Waals surface area contributed by atoms with E-state index in [0.717, 1.165) is 12.1 Å². The third-order valence-electron chi connectivity index (χ3n) is 3.68. The molecule has 0 aromatic carbocycles. The Bertz CT molecular complexity index is 169.